The molecule has 0 radical (unpaired) electrons. The van der Waals surface area contributed by atoms with E-state index in [1.54, 1.807) is 12.1 Å². The third-order valence-corrected chi connectivity index (χ3v) is 4.16. The largest absolute Gasteiger partial charge is 0.324 e. The number of nitrogens with two attached hydrogens (primary N) is 1. The van der Waals surface area contributed by atoms with Gasteiger partial charge in [-0.15, -0.1) is 0 Å². The first-order valence-corrected chi connectivity index (χ1v) is 7.45. The minimum atomic E-state index is -0.245. The smallest absolute Gasteiger partial charge is 0.137 e. The molecule has 3 heteroatoms. The van der Waals surface area contributed by atoms with Crippen molar-refractivity contribution >= 4 is 15.9 Å². The zero-order valence-corrected chi connectivity index (χ0v) is 13.6. The number of hydrogen-bond acceptors (Lipinski definition) is 1. The van der Waals surface area contributed by atoms with Crippen LogP contribution in [0.1, 0.15) is 33.9 Å². The van der Waals surface area contributed by atoms with Gasteiger partial charge in [0.05, 0.1) is 4.47 Å². The summed E-state index contributed by atoms with van der Waals surface area (Å²) in [7, 11) is 0. The van der Waals surface area contributed by atoms with E-state index < -0.39 is 0 Å². The van der Waals surface area contributed by atoms with Crippen molar-refractivity contribution in [1.29, 1.82) is 0 Å². The van der Waals surface area contributed by atoms with E-state index in [2.05, 4.69) is 48.8 Å². The lowest BCUT2D eigenvalue weighted by atomic mass is 9.91. The average molecular weight is 336 g/mol. The molecule has 0 aromatic heterocycles. The zero-order chi connectivity index (χ0) is 14.9. The Balaban J connectivity index is 2.28. The molecule has 0 heterocycles. The molecule has 1 nitrogen and oxygen atoms in total. The van der Waals surface area contributed by atoms with E-state index in [1.165, 1.54) is 28.3 Å². The number of benzene rings is 2. The van der Waals surface area contributed by atoms with E-state index in [-0.39, 0.29) is 11.9 Å². The van der Waals surface area contributed by atoms with Gasteiger partial charge in [0.1, 0.15) is 5.82 Å². The van der Waals surface area contributed by atoms with Gasteiger partial charge in [0.15, 0.2) is 0 Å². The molecule has 2 rings (SSSR count). The Morgan fingerprint density at radius 3 is 2.25 bits per heavy atom. The van der Waals surface area contributed by atoms with Crippen LogP contribution in [-0.2, 0) is 6.42 Å². The molecule has 2 aromatic carbocycles. The highest BCUT2D eigenvalue weighted by Gasteiger charge is 2.14. The predicted octanol–water partition coefficient (Wildman–Crippen LogP) is 4.76. The zero-order valence-electron chi connectivity index (χ0n) is 12.0. The van der Waals surface area contributed by atoms with E-state index >= 15 is 0 Å². The van der Waals surface area contributed by atoms with Gasteiger partial charge in [-0.2, -0.15) is 0 Å². The predicted molar refractivity (Wildman–Crippen MR) is 85.4 cm³/mol. The average Bonchev–Trinajstić information content (AvgIpc) is 2.32. The minimum Gasteiger partial charge on any atom is -0.324 e. The quantitative estimate of drug-likeness (QED) is 0.860. The highest BCUT2D eigenvalue weighted by Crippen LogP contribution is 2.26. The Labute approximate surface area is 128 Å². The lowest BCUT2D eigenvalue weighted by Crippen LogP contribution is -2.16. The van der Waals surface area contributed by atoms with Gasteiger partial charge >= 0.3 is 0 Å². The molecule has 0 fully saturated rings. The van der Waals surface area contributed by atoms with Crippen LogP contribution in [0.2, 0.25) is 0 Å². The van der Waals surface area contributed by atoms with Crippen molar-refractivity contribution in [3.8, 4) is 0 Å². The summed E-state index contributed by atoms with van der Waals surface area (Å²) in [6.07, 6.45) is 0.698. The highest BCUT2D eigenvalue weighted by atomic mass is 79.9. The van der Waals surface area contributed by atoms with Gasteiger partial charge in [-0.05, 0) is 77.5 Å². The van der Waals surface area contributed by atoms with E-state index in [0.29, 0.717) is 10.9 Å². The second-order valence-corrected chi connectivity index (χ2v) is 6.23. The van der Waals surface area contributed by atoms with Crippen molar-refractivity contribution in [3.05, 3.63) is 68.4 Å². The molecular formula is C17H19BrFN. The molecule has 1 unspecified atom stereocenters. The molecule has 106 valence electrons. The van der Waals surface area contributed by atoms with Crippen molar-refractivity contribution in [2.24, 2.45) is 5.73 Å². The van der Waals surface area contributed by atoms with Crippen LogP contribution in [0.5, 0.6) is 0 Å². The monoisotopic (exact) mass is 335 g/mol. The normalized spacial score (nSPS) is 12.5. The Hall–Kier alpha value is -1.19. The van der Waals surface area contributed by atoms with Gasteiger partial charge in [0, 0.05) is 6.04 Å². The summed E-state index contributed by atoms with van der Waals surface area (Å²) in [5.74, 6) is -0.245. The third kappa shape index (κ3) is 3.28. The molecule has 0 aliphatic carbocycles. The first kappa shape index (κ1) is 15.2. The van der Waals surface area contributed by atoms with Gasteiger partial charge in [0.2, 0.25) is 0 Å². The van der Waals surface area contributed by atoms with Crippen LogP contribution >= 0.6 is 15.9 Å². The van der Waals surface area contributed by atoms with Crippen molar-refractivity contribution in [2.75, 3.05) is 0 Å². The summed E-state index contributed by atoms with van der Waals surface area (Å²) in [6, 6.07) is 9.30. The summed E-state index contributed by atoms with van der Waals surface area (Å²) in [6.45, 7) is 6.28. The molecule has 2 N–H and O–H groups in total. The van der Waals surface area contributed by atoms with Crippen LogP contribution in [0, 0.1) is 26.6 Å². The van der Waals surface area contributed by atoms with E-state index in [1.807, 2.05) is 0 Å². The topological polar surface area (TPSA) is 26.0 Å². The first-order valence-electron chi connectivity index (χ1n) is 6.65. The summed E-state index contributed by atoms with van der Waals surface area (Å²) < 4.78 is 13.7. The molecule has 2 aromatic rings. The second kappa shape index (κ2) is 6.06. The standard InChI is InChI=1S/C17H19BrFN/c1-10-6-11(2)17(12(3)7-10)16(20)9-13-4-5-15(19)14(18)8-13/h4-8,16H,9,20H2,1-3H3. The van der Waals surface area contributed by atoms with E-state index in [9.17, 15) is 4.39 Å². The lowest BCUT2D eigenvalue weighted by Gasteiger charge is -2.18. The number of aryl methyl sites for hydroxylation is 3. The number of halogens is 2. The van der Waals surface area contributed by atoms with Crippen LogP contribution in [0.4, 0.5) is 4.39 Å². The summed E-state index contributed by atoms with van der Waals surface area (Å²) in [5, 5.41) is 0. The molecule has 20 heavy (non-hydrogen) atoms. The van der Waals surface area contributed by atoms with Gasteiger partial charge in [-0.3, -0.25) is 0 Å². The van der Waals surface area contributed by atoms with E-state index in [0.717, 1.165) is 5.56 Å². The van der Waals surface area contributed by atoms with E-state index in [4.69, 9.17) is 5.73 Å². The fourth-order valence-electron chi connectivity index (χ4n) is 2.80. The van der Waals surface area contributed by atoms with Gasteiger partial charge < -0.3 is 5.73 Å². The van der Waals surface area contributed by atoms with Crippen LogP contribution in [0.3, 0.4) is 0 Å². The lowest BCUT2D eigenvalue weighted by molar-refractivity contribution is 0.618. The van der Waals surface area contributed by atoms with Crippen molar-refractivity contribution in [1.82, 2.24) is 0 Å². The van der Waals surface area contributed by atoms with Crippen LogP contribution in [-0.4, -0.2) is 0 Å². The maximum atomic E-state index is 13.3. The summed E-state index contributed by atoms with van der Waals surface area (Å²) in [5.41, 5.74) is 12.3. The maximum absolute atomic E-state index is 13.3. The van der Waals surface area contributed by atoms with Crippen molar-refractivity contribution < 1.29 is 4.39 Å². The van der Waals surface area contributed by atoms with Gasteiger partial charge in [-0.1, -0.05) is 23.8 Å². The molecule has 0 aliphatic rings. The Morgan fingerprint density at radius 2 is 1.70 bits per heavy atom. The van der Waals surface area contributed by atoms with Crippen LogP contribution in [0.15, 0.2) is 34.8 Å². The molecule has 0 saturated heterocycles. The summed E-state index contributed by atoms with van der Waals surface area (Å²) >= 11 is 3.21. The Bertz CT molecular complexity index is 614. The number of rotatable bonds is 3. The third-order valence-electron chi connectivity index (χ3n) is 3.55. The highest BCUT2D eigenvalue weighted by molar-refractivity contribution is 9.10. The fraction of sp³-hybridized carbons (Fsp3) is 0.294. The van der Waals surface area contributed by atoms with Gasteiger partial charge in [0.25, 0.3) is 0 Å². The minimum absolute atomic E-state index is 0.0760. The molecule has 0 saturated carbocycles. The molecule has 0 amide bonds. The molecule has 0 aliphatic heterocycles. The first-order chi connectivity index (χ1) is 9.38. The Morgan fingerprint density at radius 1 is 1.10 bits per heavy atom. The molecular weight excluding hydrogens is 317 g/mol. The maximum Gasteiger partial charge on any atom is 0.137 e. The Kier molecular flexibility index (Phi) is 4.61. The SMILES string of the molecule is Cc1cc(C)c(C(N)Cc2ccc(F)c(Br)c2)c(C)c1. The molecule has 0 spiro atoms. The van der Waals surface area contributed by atoms with Crippen molar-refractivity contribution in [2.45, 2.75) is 33.2 Å². The van der Waals surface area contributed by atoms with Crippen molar-refractivity contribution in [3.63, 3.8) is 0 Å². The van der Waals surface area contributed by atoms with Crippen LogP contribution < -0.4 is 5.73 Å². The second-order valence-electron chi connectivity index (χ2n) is 5.37. The fourth-order valence-corrected chi connectivity index (χ4v) is 3.22. The van der Waals surface area contributed by atoms with Crippen LogP contribution in [0.25, 0.3) is 0 Å². The molecule has 0 bridgehead atoms. The number of hydrogen-bond donors (Lipinski definition) is 1. The summed E-state index contributed by atoms with van der Waals surface area (Å²) in [4.78, 5) is 0. The van der Waals surface area contributed by atoms with Gasteiger partial charge in [-0.25, -0.2) is 4.39 Å². The molecule has 1 atom stereocenters.